The SMILES string of the molecule is CCCC(N)C(=O)NC1CCN(CC(N)=O)CC1. The fourth-order valence-electron chi connectivity index (χ4n) is 2.21. The van der Waals surface area contributed by atoms with Crippen molar-refractivity contribution in [2.45, 2.75) is 44.7 Å². The molecular formula is C12H24N4O2. The standard InChI is InChI=1S/C12H24N4O2/c1-2-3-10(13)12(18)15-9-4-6-16(7-5-9)8-11(14)17/h9-10H,2-8,13H2,1H3,(H2,14,17)(H,15,18). The molecule has 0 saturated carbocycles. The molecule has 1 fully saturated rings. The number of hydrogen-bond donors (Lipinski definition) is 3. The number of nitrogens with zero attached hydrogens (tertiary/aromatic N) is 1. The van der Waals surface area contributed by atoms with Crippen LogP contribution in [0.4, 0.5) is 0 Å². The van der Waals surface area contributed by atoms with E-state index < -0.39 is 6.04 Å². The van der Waals surface area contributed by atoms with Crippen molar-refractivity contribution in [2.75, 3.05) is 19.6 Å². The number of carbonyl (C=O) groups excluding carboxylic acids is 2. The van der Waals surface area contributed by atoms with E-state index in [4.69, 9.17) is 11.5 Å². The fourth-order valence-corrected chi connectivity index (χ4v) is 2.21. The van der Waals surface area contributed by atoms with Crippen molar-refractivity contribution in [3.8, 4) is 0 Å². The van der Waals surface area contributed by atoms with Crippen LogP contribution >= 0.6 is 0 Å². The molecule has 1 aliphatic rings. The molecule has 1 heterocycles. The van der Waals surface area contributed by atoms with E-state index in [9.17, 15) is 9.59 Å². The first-order chi connectivity index (χ1) is 8.52. The van der Waals surface area contributed by atoms with Crippen LogP contribution < -0.4 is 16.8 Å². The first-order valence-electron chi connectivity index (χ1n) is 6.59. The number of rotatable bonds is 6. The third-order valence-corrected chi connectivity index (χ3v) is 3.25. The Labute approximate surface area is 108 Å². The topological polar surface area (TPSA) is 101 Å². The van der Waals surface area contributed by atoms with Crippen LogP contribution in [0.2, 0.25) is 0 Å². The van der Waals surface area contributed by atoms with Crippen molar-refractivity contribution in [1.82, 2.24) is 10.2 Å². The lowest BCUT2D eigenvalue weighted by atomic mass is 10.0. The minimum atomic E-state index is -0.404. The molecule has 5 N–H and O–H groups in total. The summed E-state index contributed by atoms with van der Waals surface area (Å²) in [6, 6.07) is -0.233. The molecule has 1 rings (SSSR count). The van der Waals surface area contributed by atoms with E-state index in [2.05, 4.69) is 5.32 Å². The number of nitrogens with two attached hydrogens (primary N) is 2. The minimum absolute atomic E-state index is 0.0646. The Balaban J connectivity index is 2.26. The molecule has 0 aromatic heterocycles. The van der Waals surface area contributed by atoms with Gasteiger partial charge in [0.2, 0.25) is 11.8 Å². The average Bonchev–Trinajstić information content (AvgIpc) is 2.31. The zero-order chi connectivity index (χ0) is 13.5. The quantitative estimate of drug-likeness (QED) is 0.578. The van der Waals surface area contributed by atoms with Crippen LogP contribution in [-0.2, 0) is 9.59 Å². The molecule has 1 saturated heterocycles. The van der Waals surface area contributed by atoms with Crippen molar-refractivity contribution < 1.29 is 9.59 Å². The summed E-state index contributed by atoms with van der Waals surface area (Å²) < 4.78 is 0. The van der Waals surface area contributed by atoms with E-state index in [0.29, 0.717) is 13.0 Å². The number of primary amides is 1. The molecule has 0 spiro atoms. The van der Waals surface area contributed by atoms with Gasteiger partial charge in [0.05, 0.1) is 12.6 Å². The summed E-state index contributed by atoms with van der Waals surface area (Å²) in [7, 11) is 0. The molecule has 1 aliphatic heterocycles. The Kier molecular flexibility index (Phi) is 6.07. The van der Waals surface area contributed by atoms with E-state index in [1.165, 1.54) is 0 Å². The van der Waals surface area contributed by atoms with Gasteiger partial charge in [0, 0.05) is 19.1 Å². The van der Waals surface area contributed by atoms with Gasteiger partial charge >= 0.3 is 0 Å². The number of likely N-dealkylation sites (tertiary alicyclic amines) is 1. The second kappa shape index (κ2) is 7.33. The summed E-state index contributed by atoms with van der Waals surface area (Å²) in [5.74, 6) is -0.368. The minimum Gasteiger partial charge on any atom is -0.369 e. The molecule has 104 valence electrons. The summed E-state index contributed by atoms with van der Waals surface area (Å²) in [5.41, 5.74) is 10.9. The monoisotopic (exact) mass is 256 g/mol. The molecule has 18 heavy (non-hydrogen) atoms. The predicted molar refractivity (Wildman–Crippen MR) is 69.7 cm³/mol. The molecule has 0 aromatic carbocycles. The number of piperidine rings is 1. The third-order valence-electron chi connectivity index (χ3n) is 3.25. The van der Waals surface area contributed by atoms with E-state index in [0.717, 1.165) is 32.4 Å². The Morgan fingerprint density at radius 2 is 2.00 bits per heavy atom. The van der Waals surface area contributed by atoms with E-state index in [-0.39, 0.29) is 17.9 Å². The predicted octanol–water partition coefficient (Wildman–Crippen LogP) is -0.820. The van der Waals surface area contributed by atoms with Crippen LogP contribution in [0.5, 0.6) is 0 Å². The van der Waals surface area contributed by atoms with Gasteiger partial charge in [-0.15, -0.1) is 0 Å². The Morgan fingerprint density at radius 3 is 2.50 bits per heavy atom. The van der Waals surface area contributed by atoms with Gasteiger partial charge in [-0.1, -0.05) is 13.3 Å². The van der Waals surface area contributed by atoms with Crippen LogP contribution in [0.3, 0.4) is 0 Å². The van der Waals surface area contributed by atoms with E-state index >= 15 is 0 Å². The lowest BCUT2D eigenvalue weighted by Crippen LogP contribution is -2.50. The average molecular weight is 256 g/mol. The molecule has 6 nitrogen and oxygen atoms in total. The second-order valence-electron chi connectivity index (χ2n) is 4.92. The molecule has 1 atom stereocenters. The third kappa shape index (κ3) is 5.01. The summed E-state index contributed by atoms with van der Waals surface area (Å²) >= 11 is 0. The number of amides is 2. The zero-order valence-electron chi connectivity index (χ0n) is 11.0. The van der Waals surface area contributed by atoms with Gasteiger partial charge in [-0.25, -0.2) is 0 Å². The summed E-state index contributed by atoms with van der Waals surface area (Å²) in [4.78, 5) is 24.5. The highest BCUT2D eigenvalue weighted by Crippen LogP contribution is 2.10. The van der Waals surface area contributed by atoms with Gasteiger partial charge in [-0.3, -0.25) is 14.5 Å². The Morgan fingerprint density at radius 1 is 1.39 bits per heavy atom. The van der Waals surface area contributed by atoms with Crippen molar-refractivity contribution in [2.24, 2.45) is 11.5 Å². The van der Waals surface area contributed by atoms with Crippen molar-refractivity contribution in [1.29, 1.82) is 0 Å². The van der Waals surface area contributed by atoms with Crippen LogP contribution in [-0.4, -0.2) is 48.4 Å². The van der Waals surface area contributed by atoms with Crippen molar-refractivity contribution in [3.05, 3.63) is 0 Å². The molecule has 0 bridgehead atoms. The van der Waals surface area contributed by atoms with Crippen LogP contribution in [0.25, 0.3) is 0 Å². The molecule has 1 unspecified atom stereocenters. The number of nitrogens with one attached hydrogen (secondary N) is 1. The van der Waals surface area contributed by atoms with Gasteiger partial charge in [-0.05, 0) is 19.3 Å². The molecular weight excluding hydrogens is 232 g/mol. The summed E-state index contributed by atoms with van der Waals surface area (Å²) in [5, 5.41) is 2.97. The zero-order valence-corrected chi connectivity index (χ0v) is 11.0. The molecule has 0 radical (unpaired) electrons. The largest absolute Gasteiger partial charge is 0.369 e. The lowest BCUT2D eigenvalue weighted by Gasteiger charge is -2.32. The normalized spacial score (nSPS) is 19.4. The molecule has 0 aliphatic carbocycles. The second-order valence-corrected chi connectivity index (χ2v) is 4.92. The summed E-state index contributed by atoms with van der Waals surface area (Å²) in [6.07, 6.45) is 3.31. The Hall–Kier alpha value is -1.14. The highest BCUT2D eigenvalue weighted by Gasteiger charge is 2.23. The first kappa shape index (κ1) is 14.9. The van der Waals surface area contributed by atoms with Crippen molar-refractivity contribution >= 4 is 11.8 Å². The smallest absolute Gasteiger partial charge is 0.237 e. The number of hydrogen-bond acceptors (Lipinski definition) is 4. The molecule has 6 heteroatoms. The van der Waals surface area contributed by atoms with Crippen LogP contribution in [0.1, 0.15) is 32.6 Å². The fraction of sp³-hybridized carbons (Fsp3) is 0.833. The molecule has 2 amide bonds. The maximum Gasteiger partial charge on any atom is 0.237 e. The summed E-state index contributed by atoms with van der Waals surface area (Å²) in [6.45, 7) is 3.89. The first-order valence-corrected chi connectivity index (χ1v) is 6.59. The van der Waals surface area contributed by atoms with Gasteiger partial charge in [0.25, 0.3) is 0 Å². The van der Waals surface area contributed by atoms with Gasteiger partial charge in [0.15, 0.2) is 0 Å². The Bertz CT molecular complexity index is 288. The van der Waals surface area contributed by atoms with Crippen LogP contribution in [0, 0.1) is 0 Å². The lowest BCUT2D eigenvalue weighted by molar-refractivity contribution is -0.124. The van der Waals surface area contributed by atoms with Gasteiger partial charge < -0.3 is 16.8 Å². The maximum absolute atomic E-state index is 11.7. The van der Waals surface area contributed by atoms with Crippen molar-refractivity contribution in [3.63, 3.8) is 0 Å². The van der Waals surface area contributed by atoms with E-state index in [1.54, 1.807) is 0 Å². The highest BCUT2D eigenvalue weighted by molar-refractivity contribution is 5.81. The van der Waals surface area contributed by atoms with Crippen LogP contribution in [0.15, 0.2) is 0 Å². The van der Waals surface area contributed by atoms with Gasteiger partial charge in [0.1, 0.15) is 0 Å². The highest BCUT2D eigenvalue weighted by atomic mass is 16.2. The van der Waals surface area contributed by atoms with Gasteiger partial charge in [-0.2, -0.15) is 0 Å². The number of carbonyl (C=O) groups is 2. The maximum atomic E-state index is 11.7. The molecule has 0 aromatic rings. The van der Waals surface area contributed by atoms with E-state index in [1.807, 2.05) is 11.8 Å².